The van der Waals surface area contributed by atoms with E-state index in [1.807, 2.05) is 32.2 Å². The van der Waals surface area contributed by atoms with Crippen molar-refractivity contribution in [3.8, 4) is 5.75 Å². The number of nitrogens with zero attached hydrogens (tertiary/aromatic N) is 2. The Balaban J connectivity index is 2.24. The third kappa shape index (κ3) is 3.01. The number of aliphatic hydroxyl groups excluding tert-OH is 1. The van der Waals surface area contributed by atoms with Crippen LogP contribution >= 0.6 is 31.9 Å². The normalized spacial score (nSPS) is 10.8. The summed E-state index contributed by atoms with van der Waals surface area (Å²) in [6, 6.07) is 5.59. The second-order valence-electron chi connectivity index (χ2n) is 4.14. The highest BCUT2D eigenvalue weighted by atomic mass is 79.9. The monoisotopic (exact) mass is 388 g/mol. The highest BCUT2D eigenvalue weighted by Crippen LogP contribution is 2.31. The van der Waals surface area contributed by atoms with E-state index in [-0.39, 0.29) is 6.61 Å². The maximum atomic E-state index is 9.33. The Morgan fingerprint density at radius 1 is 1.37 bits per heavy atom. The van der Waals surface area contributed by atoms with Gasteiger partial charge in [-0.05, 0) is 44.8 Å². The summed E-state index contributed by atoms with van der Waals surface area (Å²) in [6.45, 7) is 2.26. The number of hydrogen-bond acceptors (Lipinski definition) is 3. The minimum absolute atomic E-state index is 0.0552. The van der Waals surface area contributed by atoms with Gasteiger partial charge in [0.2, 0.25) is 0 Å². The van der Waals surface area contributed by atoms with Gasteiger partial charge in [0.1, 0.15) is 12.4 Å². The van der Waals surface area contributed by atoms with Crippen molar-refractivity contribution in [2.45, 2.75) is 20.1 Å². The zero-order valence-electron chi connectivity index (χ0n) is 10.7. The zero-order valence-corrected chi connectivity index (χ0v) is 13.8. The molecule has 0 aliphatic carbocycles. The maximum absolute atomic E-state index is 9.33. The van der Waals surface area contributed by atoms with Crippen LogP contribution in [0, 0.1) is 6.92 Å². The molecule has 0 saturated heterocycles. The molecule has 2 aromatic rings. The molecule has 1 aromatic heterocycles. The van der Waals surface area contributed by atoms with E-state index >= 15 is 0 Å². The topological polar surface area (TPSA) is 47.3 Å². The van der Waals surface area contributed by atoms with E-state index < -0.39 is 0 Å². The third-order valence-corrected chi connectivity index (χ3v) is 4.49. The Morgan fingerprint density at radius 2 is 2.11 bits per heavy atom. The van der Waals surface area contributed by atoms with Crippen molar-refractivity contribution in [1.29, 1.82) is 0 Å². The maximum Gasteiger partial charge on any atom is 0.139 e. The van der Waals surface area contributed by atoms with Gasteiger partial charge < -0.3 is 9.84 Å². The number of rotatable bonds is 4. The largest absolute Gasteiger partial charge is 0.486 e. The SMILES string of the molecule is Cc1nn(C)c(COc2c(Br)cccc2CO)c1Br. The van der Waals surface area contributed by atoms with Crippen LogP contribution in [0.5, 0.6) is 5.75 Å². The Labute approximate surface area is 128 Å². The summed E-state index contributed by atoms with van der Waals surface area (Å²) >= 11 is 6.94. The summed E-state index contributed by atoms with van der Waals surface area (Å²) in [6.07, 6.45) is 0. The number of hydrogen-bond donors (Lipinski definition) is 1. The van der Waals surface area contributed by atoms with E-state index in [1.165, 1.54) is 0 Å². The van der Waals surface area contributed by atoms with E-state index in [0.29, 0.717) is 12.4 Å². The van der Waals surface area contributed by atoms with Crippen molar-refractivity contribution < 1.29 is 9.84 Å². The number of halogens is 2. The number of ether oxygens (including phenoxy) is 1. The smallest absolute Gasteiger partial charge is 0.139 e. The van der Waals surface area contributed by atoms with Crippen molar-refractivity contribution in [2.75, 3.05) is 0 Å². The Morgan fingerprint density at radius 3 is 2.68 bits per heavy atom. The van der Waals surface area contributed by atoms with Crippen LogP contribution in [-0.4, -0.2) is 14.9 Å². The third-order valence-electron chi connectivity index (χ3n) is 2.83. The van der Waals surface area contributed by atoms with Gasteiger partial charge in [0.15, 0.2) is 0 Å². The highest BCUT2D eigenvalue weighted by molar-refractivity contribution is 9.10. The van der Waals surface area contributed by atoms with E-state index in [1.54, 1.807) is 4.68 Å². The highest BCUT2D eigenvalue weighted by Gasteiger charge is 2.13. The lowest BCUT2D eigenvalue weighted by molar-refractivity contribution is 0.254. The standard InChI is InChI=1S/C13H14Br2N2O2/c1-8-12(15)11(17(2)16-8)7-19-13-9(6-18)4-3-5-10(13)14/h3-5,18H,6-7H2,1-2H3. The molecular weight excluding hydrogens is 376 g/mol. The van der Waals surface area contributed by atoms with E-state index in [9.17, 15) is 5.11 Å². The van der Waals surface area contributed by atoms with E-state index in [2.05, 4.69) is 37.0 Å². The minimum Gasteiger partial charge on any atom is -0.486 e. The molecule has 19 heavy (non-hydrogen) atoms. The average molecular weight is 390 g/mol. The Kier molecular flexibility index (Phi) is 4.65. The molecule has 0 atom stereocenters. The van der Waals surface area contributed by atoms with Gasteiger partial charge in [0, 0.05) is 12.6 Å². The fourth-order valence-corrected chi connectivity index (χ4v) is 2.79. The Hall–Kier alpha value is -0.850. The van der Waals surface area contributed by atoms with Crippen LogP contribution in [0.15, 0.2) is 27.1 Å². The van der Waals surface area contributed by atoms with Gasteiger partial charge in [0.05, 0.1) is 26.9 Å². The lowest BCUT2D eigenvalue weighted by atomic mass is 10.2. The van der Waals surface area contributed by atoms with Crippen LogP contribution in [0.2, 0.25) is 0 Å². The van der Waals surface area contributed by atoms with Gasteiger partial charge in [-0.1, -0.05) is 12.1 Å². The predicted molar refractivity (Wildman–Crippen MR) is 80.0 cm³/mol. The van der Waals surface area contributed by atoms with E-state index in [4.69, 9.17) is 4.74 Å². The zero-order chi connectivity index (χ0) is 14.0. The fraction of sp³-hybridized carbons (Fsp3) is 0.308. The molecule has 0 spiro atoms. The van der Waals surface area contributed by atoms with Crippen molar-refractivity contribution in [3.63, 3.8) is 0 Å². The van der Waals surface area contributed by atoms with Gasteiger partial charge in [-0.25, -0.2) is 0 Å². The van der Waals surface area contributed by atoms with Crippen molar-refractivity contribution in [3.05, 3.63) is 44.1 Å². The molecule has 1 heterocycles. The molecule has 0 fully saturated rings. The van der Waals surface area contributed by atoms with Gasteiger partial charge in [-0.2, -0.15) is 5.10 Å². The molecule has 2 rings (SSSR count). The summed E-state index contributed by atoms with van der Waals surface area (Å²) in [5, 5.41) is 13.6. The van der Waals surface area contributed by atoms with E-state index in [0.717, 1.165) is 25.9 Å². The van der Waals surface area contributed by atoms with Crippen molar-refractivity contribution >= 4 is 31.9 Å². The first-order valence-corrected chi connectivity index (χ1v) is 7.32. The summed E-state index contributed by atoms with van der Waals surface area (Å²) in [7, 11) is 1.88. The second-order valence-corrected chi connectivity index (χ2v) is 5.79. The lowest BCUT2D eigenvalue weighted by Gasteiger charge is -2.12. The molecule has 0 amide bonds. The van der Waals surface area contributed by atoms with Gasteiger partial charge >= 0.3 is 0 Å². The number of para-hydroxylation sites is 1. The first-order valence-electron chi connectivity index (χ1n) is 5.73. The van der Waals surface area contributed by atoms with Gasteiger partial charge in [-0.3, -0.25) is 4.68 Å². The van der Waals surface area contributed by atoms with Crippen LogP contribution in [0.3, 0.4) is 0 Å². The number of aromatic nitrogens is 2. The van der Waals surface area contributed by atoms with Crippen LogP contribution in [0.25, 0.3) is 0 Å². The molecule has 0 aliphatic heterocycles. The number of aryl methyl sites for hydroxylation is 2. The predicted octanol–water partition coefficient (Wildman–Crippen LogP) is 3.32. The number of benzene rings is 1. The minimum atomic E-state index is -0.0552. The first-order chi connectivity index (χ1) is 9.04. The molecule has 6 heteroatoms. The molecule has 0 saturated carbocycles. The average Bonchev–Trinajstić information content (AvgIpc) is 2.62. The molecule has 102 valence electrons. The molecule has 0 unspecified atom stereocenters. The van der Waals surface area contributed by atoms with Crippen LogP contribution in [0.1, 0.15) is 17.0 Å². The van der Waals surface area contributed by atoms with Gasteiger partial charge in [0.25, 0.3) is 0 Å². The molecule has 0 bridgehead atoms. The summed E-state index contributed by atoms with van der Waals surface area (Å²) < 4.78 is 9.39. The molecule has 1 aromatic carbocycles. The second kappa shape index (κ2) is 6.07. The lowest BCUT2D eigenvalue weighted by Crippen LogP contribution is -2.05. The summed E-state index contributed by atoms with van der Waals surface area (Å²) in [4.78, 5) is 0. The van der Waals surface area contributed by atoms with Gasteiger partial charge in [-0.15, -0.1) is 0 Å². The quantitative estimate of drug-likeness (QED) is 0.872. The molecule has 4 nitrogen and oxygen atoms in total. The van der Waals surface area contributed by atoms with Crippen LogP contribution in [0.4, 0.5) is 0 Å². The Bertz CT molecular complexity index is 597. The van der Waals surface area contributed by atoms with Crippen LogP contribution in [-0.2, 0) is 20.3 Å². The van der Waals surface area contributed by atoms with Crippen molar-refractivity contribution in [2.24, 2.45) is 7.05 Å². The fourth-order valence-electron chi connectivity index (χ4n) is 1.82. The molecular formula is C13H14Br2N2O2. The first kappa shape index (κ1) is 14.6. The molecule has 0 aliphatic rings. The van der Waals surface area contributed by atoms with Crippen LogP contribution < -0.4 is 4.74 Å². The molecule has 0 radical (unpaired) electrons. The number of aliphatic hydroxyl groups is 1. The summed E-state index contributed by atoms with van der Waals surface area (Å²) in [5.41, 5.74) is 2.64. The molecule has 1 N–H and O–H groups in total. The summed E-state index contributed by atoms with van der Waals surface area (Å²) in [5.74, 6) is 0.663. The van der Waals surface area contributed by atoms with Crippen molar-refractivity contribution in [1.82, 2.24) is 9.78 Å².